The van der Waals surface area contributed by atoms with Gasteiger partial charge in [-0.15, -0.1) is 0 Å². The van der Waals surface area contributed by atoms with E-state index in [1.807, 2.05) is 4.90 Å². The first-order valence-corrected chi connectivity index (χ1v) is 6.74. The van der Waals surface area contributed by atoms with Crippen molar-refractivity contribution in [2.75, 3.05) is 13.7 Å². The average Bonchev–Trinajstić information content (AvgIpc) is 2.73. The number of hydrogen-bond acceptors (Lipinski definition) is 4. The van der Waals surface area contributed by atoms with Gasteiger partial charge in [-0.3, -0.25) is 9.69 Å². The third-order valence-corrected chi connectivity index (χ3v) is 3.98. The van der Waals surface area contributed by atoms with Crippen molar-refractivity contribution < 1.29 is 19.0 Å². The molecule has 1 aliphatic heterocycles. The van der Waals surface area contributed by atoms with Crippen molar-refractivity contribution >= 4 is 21.9 Å². The van der Waals surface area contributed by atoms with E-state index in [9.17, 15) is 14.3 Å². The van der Waals surface area contributed by atoms with Gasteiger partial charge in [-0.05, 0) is 17.7 Å². The second-order valence-corrected chi connectivity index (χ2v) is 5.45. The van der Waals surface area contributed by atoms with E-state index in [1.165, 1.54) is 19.2 Å². The van der Waals surface area contributed by atoms with Crippen LogP contribution < -0.4 is 0 Å². The van der Waals surface area contributed by atoms with Crippen LogP contribution >= 0.6 is 15.9 Å². The highest BCUT2D eigenvalue weighted by Gasteiger charge is 2.36. The Hall–Kier alpha value is -0.980. The number of carbonyl (C=O) groups is 1. The molecule has 1 fully saturated rings. The van der Waals surface area contributed by atoms with E-state index in [0.29, 0.717) is 24.0 Å². The van der Waals surface area contributed by atoms with E-state index in [4.69, 9.17) is 4.74 Å². The lowest BCUT2D eigenvalue weighted by Crippen LogP contribution is -2.36. The summed E-state index contributed by atoms with van der Waals surface area (Å²) in [4.78, 5) is 13.5. The van der Waals surface area contributed by atoms with Gasteiger partial charge in [0.25, 0.3) is 0 Å². The summed E-state index contributed by atoms with van der Waals surface area (Å²) in [6.07, 6.45) is -0.172. The Kier molecular flexibility index (Phi) is 4.54. The summed E-state index contributed by atoms with van der Waals surface area (Å²) < 4.78 is 18.4. The smallest absolute Gasteiger partial charge is 0.323 e. The fourth-order valence-electron chi connectivity index (χ4n) is 2.30. The summed E-state index contributed by atoms with van der Waals surface area (Å²) in [7, 11) is 1.33. The van der Waals surface area contributed by atoms with E-state index in [0.717, 1.165) is 5.56 Å². The lowest BCUT2D eigenvalue weighted by molar-refractivity contribution is -0.146. The predicted molar refractivity (Wildman–Crippen MR) is 70.9 cm³/mol. The van der Waals surface area contributed by atoms with E-state index < -0.39 is 12.1 Å². The lowest BCUT2D eigenvalue weighted by Gasteiger charge is -2.22. The molecule has 0 radical (unpaired) electrons. The maximum Gasteiger partial charge on any atom is 0.323 e. The zero-order valence-electron chi connectivity index (χ0n) is 10.5. The highest BCUT2D eigenvalue weighted by atomic mass is 79.9. The van der Waals surface area contributed by atoms with E-state index >= 15 is 0 Å². The number of likely N-dealkylation sites (tertiary alicyclic amines) is 1. The summed E-state index contributed by atoms with van der Waals surface area (Å²) in [5.41, 5.74) is 0.865. The number of aliphatic hydroxyl groups excluding tert-OH is 1. The Morgan fingerprint density at radius 2 is 2.37 bits per heavy atom. The summed E-state index contributed by atoms with van der Waals surface area (Å²) in [6, 6.07) is 3.98. The van der Waals surface area contributed by atoms with Crippen molar-refractivity contribution in [1.82, 2.24) is 4.90 Å². The molecule has 2 atom stereocenters. The molecule has 0 aliphatic carbocycles. The van der Waals surface area contributed by atoms with Gasteiger partial charge in [0.2, 0.25) is 0 Å². The molecular weight excluding hydrogens is 317 g/mol. The largest absolute Gasteiger partial charge is 0.468 e. The molecule has 2 unspecified atom stereocenters. The number of hydrogen-bond donors (Lipinski definition) is 1. The summed E-state index contributed by atoms with van der Waals surface area (Å²) in [5, 5.41) is 9.68. The molecule has 0 amide bonds. The van der Waals surface area contributed by atoms with E-state index in [1.54, 1.807) is 6.07 Å². The molecule has 0 bridgehead atoms. The fourth-order valence-corrected chi connectivity index (χ4v) is 2.78. The average molecular weight is 332 g/mol. The molecule has 1 N–H and O–H groups in total. The molecule has 0 aromatic heterocycles. The zero-order chi connectivity index (χ0) is 14.0. The summed E-state index contributed by atoms with van der Waals surface area (Å²) >= 11 is 3.30. The Labute approximate surface area is 119 Å². The second kappa shape index (κ2) is 5.98. The molecule has 1 saturated heterocycles. The first-order chi connectivity index (χ1) is 9.01. The minimum absolute atomic E-state index is 0.318. The molecule has 1 aliphatic rings. The third kappa shape index (κ3) is 3.32. The molecule has 1 heterocycles. The summed E-state index contributed by atoms with van der Waals surface area (Å²) in [5.74, 6) is -0.670. The van der Waals surface area contributed by atoms with Gasteiger partial charge >= 0.3 is 5.97 Å². The van der Waals surface area contributed by atoms with Crippen LogP contribution in [0.25, 0.3) is 0 Å². The molecule has 19 heavy (non-hydrogen) atoms. The van der Waals surface area contributed by atoms with E-state index in [-0.39, 0.29) is 11.8 Å². The van der Waals surface area contributed by atoms with Gasteiger partial charge in [0.1, 0.15) is 11.9 Å². The van der Waals surface area contributed by atoms with E-state index in [2.05, 4.69) is 15.9 Å². The molecular formula is C13H15BrFNO3. The standard InChI is InChI=1S/C13H15BrFNO3/c1-19-13(18)12-5-10(17)7-16(12)6-8-2-3-9(15)4-11(8)14/h2-4,10,12,17H,5-7H2,1H3. The van der Waals surface area contributed by atoms with Crippen LogP contribution in [0.2, 0.25) is 0 Å². The highest BCUT2D eigenvalue weighted by molar-refractivity contribution is 9.10. The Morgan fingerprint density at radius 3 is 3.00 bits per heavy atom. The first kappa shape index (κ1) is 14.4. The second-order valence-electron chi connectivity index (χ2n) is 4.59. The first-order valence-electron chi connectivity index (χ1n) is 5.95. The normalized spacial score (nSPS) is 23.6. The number of carbonyl (C=O) groups excluding carboxylic acids is 1. The van der Waals surface area contributed by atoms with Crippen molar-refractivity contribution in [3.8, 4) is 0 Å². The van der Waals surface area contributed by atoms with Crippen LogP contribution in [0.5, 0.6) is 0 Å². The van der Waals surface area contributed by atoms with Gasteiger partial charge in [-0.1, -0.05) is 22.0 Å². The van der Waals surface area contributed by atoms with Crippen molar-refractivity contribution in [2.45, 2.75) is 25.1 Å². The highest BCUT2D eigenvalue weighted by Crippen LogP contribution is 2.25. The van der Waals surface area contributed by atoms with Crippen LogP contribution in [-0.4, -0.2) is 41.8 Å². The van der Waals surface area contributed by atoms with Gasteiger partial charge in [0, 0.05) is 24.0 Å². The van der Waals surface area contributed by atoms with Crippen molar-refractivity contribution in [3.05, 3.63) is 34.1 Å². The number of esters is 1. The topological polar surface area (TPSA) is 49.8 Å². The third-order valence-electron chi connectivity index (χ3n) is 3.24. The molecule has 104 valence electrons. The fraction of sp³-hybridized carbons (Fsp3) is 0.462. The quantitative estimate of drug-likeness (QED) is 0.856. The van der Waals surface area contributed by atoms with Gasteiger partial charge in [0.05, 0.1) is 13.2 Å². The minimum Gasteiger partial charge on any atom is -0.468 e. The number of rotatable bonds is 3. The monoisotopic (exact) mass is 331 g/mol. The Bertz CT molecular complexity index is 483. The van der Waals surface area contributed by atoms with Crippen LogP contribution in [0, 0.1) is 5.82 Å². The SMILES string of the molecule is COC(=O)C1CC(O)CN1Cc1ccc(F)cc1Br. The number of nitrogens with zero attached hydrogens (tertiary/aromatic N) is 1. The maximum atomic E-state index is 13.0. The van der Waals surface area contributed by atoms with Crippen LogP contribution in [0.15, 0.2) is 22.7 Å². The van der Waals surface area contributed by atoms with Crippen LogP contribution in [0.3, 0.4) is 0 Å². The van der Waals surface area contributed by atoms with Gasteiger partial charge in [0.15, 0.2) is 0 Å². The summed E-state index contributed by atoms with van der Waals surface area (Å²) in [6.45, 7) is 0.862. The number of β-amino-alcohol motifs (C(OH)–C–C–N with tert-alkyl or cyclic N) is 1. The number of methoxy groups -OCH3 is 1. The van der Waals surface area contributed by atoms with Gasteiger partial charge in [-0.25, -0.2) is 4.39 Å². The molecule has 0 saturated carbocycles. The molecule has 6 heteroatoms. The van der Waals surface area contributed by atoms with Crippen LogP contribution in [0.4, 0.5) is 4.39 Å². The van der Waals surface area contributed by atoms with Crippen molar-refractivity contribution in [1.29, 1.82) is 0 Å². The molecule has 1 aromatic carbocycles. The number of ether oxygens (including phenoxy) is 1. The predicted octanol–water partition coefficient (Wildman–Crippen LogP) is 1.70. The lowest BCUT2D eigenvalue weighted by atomic mass is 10.1. The Morgan fingerprint density at radius 1 is 1.63 bits per heavy atom. The van der Waals surface area contributed by atoms with Crippen molar-refractivity contribution in [2.24, 2.45) is 0 Å². The number of aliphatic hydroxyl groups is 1. The zero-order valence-corrected chi connectivity index (χ0v) is 12.1. The van der Waals surface area contributed by atoms with Gasteiger partial charge < -0.3 is 9.84 Å². The van der Waals surface area contributed by atoms with Gasteiger partial charge in [-0.2, -0.15) is 0 Å². The van der Waals surface area contributed by atoms with Crippen molar-refractivity contribution in [3.63, 3.8) is 0 Å². The molecule has 1 aromatic rings. The Balaban J connectivity index is 2.14. The maximum absolute atomic E-state index is 13.0. The minimum atomic E-state index is -0.539. The molecule has 4 nitrogen and oxygen atoms in total. The molecule has 2 rings (SSSR count). The van der Waals surface area contributed by atoms with Crippen LogP contribution in [0.1, 0.15) is 12.0 Å². The number of benzene rings is 1. The van der Waals surface area contributed by atoms with Crippen LogP contribution in [-0.2, 0) is 16.1 Å². The number of halogens is 2. The molecule has 0 spiro atoms.